The first-order chi connectivity index (χ1) is 13.5. The topological polar surface area (TPSA) is 72.6 Å². The summed E-state index contributed by atoms with van der Waals surface area (Å²) in [6, 6.07) is 10.5. The van der Waals surface area contributed by atoms with Crippen LogP contribution in [0.5, 0.6) is 0 Å². The Balaban J connectivity index is 1.64. The molecule has 6 nitrogen and oxygen atoms in total. The Labute approximate surface area is 171 Å². The normalized spacial score (nSPS) is 16.8. The Morgan fingerprint density at radius 2 is 2.14 bits per heavy atom. The predicted molar refractivity (Wildman–Crippen MR) is 107 cm³/mol. The molecule has 3 aromatic rings. The number of carbonyl (C=O) groups excluding carboxylic acids is 2. The Bertz CT molecular complexity index is 1080. The molecule has 8 heteroatoms. The van der Waals surface area contributed by atoms with Crippen molar-refractivity contribution in [3.05, 3.63) is 46.4 Å². The molecular formula is C20H16Cl2N2O4. The van der Waals surface area contributed by atoms with E-state index < -0.39 is 5.92 Å². The number of benzene rings is 2. The molecule has 1 saturated heterocycles. The van der Waals surface area contributed by atoms with Crippen LogP contribution in [0.15, 0.2) is 40.8 Å². The zero-order valence-electron chi connectivity index (χ0n) is 14.9. The Morgan fingerprint density at radius 3 is 2.93 bits per heavy atom. The molecule has 2 heterocycles. The zero-order valence-corrected chi connectivity index (χ0v) is 16.5. The van der Waals surface area contributed by atoms with Crippen LogP contribution < -0.4 is 4.90 Å². The van der Waals surface area contributed by atoms with Crippen LogP contribution >= 0.6 is 23.2 Å². The molecule has 4 rings (SSSR count). The van der Waals surface area contributed by atoms with Gasteiger partial charge in [-0.05, 0) is 37.3 Å². The van der Waals surface area contributed by atoms with E-state index in [-0.39, 0.29) is 24.8 Å². The van der Waals surface area contributed by atoms with E-state index in [0.717, 1.165) is 0 Å². The van der Waals surface area contributed by atoms with Gasteiger partial charge >= 0.3 is 5.97 Å². The van der Waals surface area contributed by atoms with E-state index in [1.807, 2.05) is 6.07 Å². The van der Waals surface area contributed by atoms with Gasteiger partial charge in [0.1, 0.15) is 5.52 Å². The van der Waals surface area contributed by atoms with Crippen LogP contribution in [-0.4, -0.2) is 30.0 Å². The molecule has 2 aromatic carbocycles. The molecule has 1 atom stereocenters. The molecule has 0 spiro atoms. The minimum Gasteiger partial charge on any atom is -0.466 e. The highest BCUT2D eigenvalue weighted by Gasteiger charge is 2.36. The van der Waals surface area contributed by atoms with E-state index in [0.29, 0.717) is 44.9 Å². The van der Waals surface area contributed by atoms with E-state index in [1.54, 1.807) is 42.2 Å². The number of hydrogen-bond acceptors (Lipinski definition) is 5. The van der Waals surface area contributed by atoms with Gasteiger partial charge in [-0.15, -0.1) is 0 Å². The first-order valence-corrected chi connectivity index (χ1v) is 9.55. The lowest BCUT2D eigenvalue weighted by molar-refractivity contribution is -0.147. The molecule has 1 aliphatic heterocycles. The smallest absolute Gasteiger partial charge is 0.311 e. The molecule has 144 valence electrons. The summed E-state index contributed by atoms with van der Waals surface area (Å²) in [4.78, 5) is 30.4. The van der Waals surface area contributed by atoms with E-state index in [1.165, 1.54) is 0 Å². The minimum atomic E-state index is -0.457. The Kier molecular flexibility index (Phi) is 5.00. The number of rotatable bonds is 4. The van der Waals surface area contributed by atoms with Crippen molar-refractivity contribution in [3.63, 3.8) is 0 Å². The van der Waals surface area contributed by atoms with Gasteiger partial charge in [0, 0.05) is 29.2 Å². The summed E-state index contributed by atoms with van der Waals surface area (Å²) < 4.78 is 10.8. The summed E-state index contributed by atoms with van der Waals surface area (Å²) in [5.74, 6) is -0.557. The standard InChI is InChI=1S/C20H16Cl2N2O4/c1-2-27-20(26)12-7-17(25)24(10-12)14-5-3-4-11(6-14)19-23-16-9-13(21)8-15(22)18(16)28-19/h3-6,8-9,12H,2,7,10H2,1H3/t12-/m1/s1. The van der Waals surface area contributed by atoms with E-state index in [4.69, 9.17) is 32.4 Å². The second-order valence-corrected chi connectivity index (χ2v) is 7.31. The van der Waals surface area contributed by atoms with Crippen LogP contribution in [0.1, 0.15) is 13.3 Å². The molecule has 1 aromatic heterocycles. The molecule has 0 saturated carbocycles. The lowest BCUT2D eigenvalue weighted by atomic mass is 10.1. The number of anilines is 1. The highest BCUT2D eigenvalue weighted by Crippen LogP contribution is 2.34. The second-order valence-electron chi connectivity index (χ2n) is 6.46. The summed E-state index contributed by atoms with van der Waals surface area (Å²) in [5, 5.41) is 0.850. The van der Waals surface area contributed by atoms with Crippen LogP contribution in [-0.2, 0) is 14.3 Å². The molecule has 0 radical (unpaired) electrons. The summed E-state index contributed by atoms with van der Waals surface area (Å²) in [6.45, 7) is 2.33. The maximum atomic E-state index is 12.4. The third kappa shape index (κ3) is 3.45. The fourth-order valence-corrected chi connectivity index (χ4v) is 3.79. The van der Waals surface area contributed by atoms with Gasteiger partial charge < -0.3 is 14.1 Å². The first-order valence-electron chi connectivity index (χ1n) is 8.79. The molecule has 28 heavy (non-hydrogen) atoms. The van der Waals surface area contributed by atoms with Crippen LogP contribution in [0.25, 0.3) is 22.6 Å². The number of fused-ring (bicyclic) bond motifs is 1. The SMILES string of the molecule is CCOC(=O)[C@@H]1CC(=O)N(c2cccc(-c3nc4cc(Cl)cc(Cl)c4o3)c2)C1. The van der Waals surface area contributed by atoms with Gasteiger partial charge in [-0.25, -0.2) is 4.98 Å². The molecule has 0 N–H and O–H groups in total. The molecule has 0 aliphatic carbocycles. The van der Waals surface area contributed by atoms with Crippen molar-refractivity contribution in [2.75, 3.05) is 18.1 Å². The second kappa shape index (κ2) is 7.45. The third-order valence-electron chi connectivity index (χ3n) is 4.56. The van der Waals surface area contributed by atoms with Crippen molar-refractivity contribution in [1.82, 2.24) is 4.98 Å². The number of aromatic nitrogens is 1. The molecule has 0 bridgehead atoms. The van der Waals surface area contributed by atoms with Gasteiger partial charge in [-0.3, -0.25) is 9.59 Å². The van der Waals surface area contributed by atoms with E-state index in [9.17, 15) is 9.59 Å². The Hall–Kier alpha value is -2.57. The van der Waals surface area contributed by atoms with E-state index >= 15 is 0 Å². The minimum absolute atomic E-state index is 0.123. The third-order valence-corrected chi connectivity index (χ3v) is 5.06. The van der Waals surface area contributed by atoms with Crippen molar-refractivity contribution in [2.24, 2.45) is 5.92 Å². The highest BCUT2D eigenvalue weighted by molar-refractivity contribution is 6.38. The number of hydrogen-bond donors (Lipinski definition) is 0. The molecule has 1 amide bonds. The van der Waals surface area contributed by atoms with Crippen LogP contribution in [0.3, 0.4) is 0 Å². The van der Waals surface area contributed by atoms with Crippen LogP contribution in [0.2, 0.25) is 10.0 Å². The van der Waals surface area contributed by atoms with Crippen LogP contribution in [0.4, 0.5) is 5.69 Å². The molecular weight excluding hydrogens is 403 g/mol. The molecule has 1 aliphatic rings. The van der Waals surface area contributed by atoms with Gasteiger partial charge in [-0.1, -0.05) is 29.3 Å². The van der Waals surface area contributed by atoms with Crippen molar-refractivity contribution < 1.29 is 18.7 Å². The van der Waals surface area contributed by atoms with Gasteiger partial charge in [0.25, 0.3) is 0 Å². The number of halogens is 2. The summed E-state index contributed by atoms with van der Waals surface area (Å²) >= 11 is 12.2. The van der Waals surface area contributed by atoms with Crippen LogP contribution in [0, 0.1) is 5.92 Å². The van der Waals surface area contributed by atoms with Gasteiger partial charge in [-0.2, -0.15) is 0 Å². The lowest BCUT2D eigenvalue weighted by Gasteiger charge is -2.17. The maximum absolute atomic E-state index is 12.4. The monoisotopic (exact) mass is 418 g/mol. The Morgan fingerprint density at radius 1 is 1.32 bits per heavy atom. The fraction of sp³-hybridized carbons (Fsp3) is 0.250. The molecule has 1 fully saturated rings. The van der Waals surface area contributed by atoms with Gasteiger partial charge in [0.05, 0.1) is 17.5 Å². The number of esters is 1. The number of nitrogens with zero attached hydrogens (tertiary/aromatic N) is 2. The van der Waals surface area contributed by atoms with Crippen molar-refractivity contribution in [2.45, 2.75) is 13.3 Å². The van der Waals surface area contributed by atoms with Crippen molar-refractivity contribution in [1.29, 1.82) is 0 Å². The fourth-order valence-electron chi connectivity index (χ4n) is 3.27. The first kappa shape index (κ1) is 18.8. The van der Waals surface area contributed by atoms with Crippen molar-refractivity contribution in [3.8, 4) is 11.5 Å². The largest absolute Gasteiger partial charge is 0.466 e. The lowest BCUT2D eigenvalue weighted by Crippen LogP contribution is -2.26. The van der Waals surface area contributed by atoms with Gasteiger partial charge in [0.15, 0.2) is 5.58 Å². The predicted octanol–water partition coefficient (Wildman–Crippen LogP) is 4.72. The maximum Gasteiger partial charge on any atom is 0.311 e. The summed E-state index contributed by atoms with van der Waals surface area (Å²) in [5.41, 5.74) is 2.36. The van der Waals surface area contributed by atoms with Gasteiger partial charge in [0.2, 0.25) is 11.8 Å². The number of carbonyl (C=O) groups is 2. The summed E-state index contributed by atoms with van der Waals surface area (Å²) in [6.07, 6.45) is 0.139. The van der Waals surface area contributed by atoms with E-state index in [2.05, 4.69) is 4.98 Å². The average molecular weight is 419 g/mol. The van der Waals surface area contributed by atoms with Crippen molar-refractivity contribution >= 4 is 51.9 Å². The highest BCUT2D eigenvalue weighted by atomic mass is 35.5. The quantitative estimate of drug-likeness (QED) is 0.573. The zero-order chi connectivity index (χ0) is 19.8. The average Bonchev–Trinajstić information content (AvgIpc) is 3.26. The molecule has 0 unspecified atom stereocenters. The number of amides is 1. The summed E-state index contributed by atoms with van der Waals surface area (Å²) in [7, 11) is 0. The number of oxazole rings is 1. The number of ether oxygens (including phenoxy) is 1.